The first kappa shape index (κ1) is 22.7. The van der Waals surface area contributed by atoms with E-state index in [1.54, 1.807) is 6.20 Å². The normalized spacial score (nSPS) is 22.8. The number of carbonyl (C=O) groups is 1. The van der Waals surface area contributed by atoms with Crippen LogP contribution in [0.3, 0.4) is 0 Å². The summed E-state index contributed by atoms with van der Waals surface area (Å²) in [5.41, 5.74) is 2.51. The largest absolute Gasteiger partial charge is 0.373 e. The molecular formula is C25H35N5O2. The van der Waals surface area contributed by atoms with Crippen molar-refractivity contribution < 1.29 is 9.53 Å². The molecule has 172 valence electrons. The first-order chi connectivity index (χ1) is 15.3. The number of unbranched alkanes of at least 4 members (excludes halogenated alkanes) is 1. The van der Waals surface area contributed by atoms with Crippen LogP contribution in [0.4, 0.5) is 17.5 Å². The van der Waals surface area contributed by atoms with Gasteiger partial charge in [0.25, 0.3) is 0 Å². The number of rotatable bonds is 7. The summed E-state index contributed by atoms with van der Waals surface area (Å²) in [5, 5.41) is 3.30. The molecule has 0 bridgehead atoms. The molecule has 1 saturated heterocycles. The molecule has 2 aliphatic rings. The maximum Gasteiger partial charge on any atom is 0.238 e. The van der Waals surface area contributed by atoms with Gasteiger partial charge in [-0.25, -0.2) is 4.98 Å². The van der Waals surface area contributed by atoms with Crippen molar-refractivity contribution in [1.82, 2.24) is 14.9 Å². The Labute approximate surface area is 191 Å². The zero-order chi connectivity index (χ0) is 22.9. The number of nitrogens with one attached hydrogen (secondary N) is 1. The second kappa shape index (κ2) is 9.16. The number of morpholine rings is 1. The summed E-state index contributed by atoms with van der Waals surface area (Å²) < 4.78 is 5.83. The van der Waals surface area contributed by atoms with Gasteiger partial charge < -0.3 is 10.1 Å². The summed E-state index contributed by atoms with van der Waals surface area (Å²) >= 11 is 0. The number of fused-ring (bicyclic) bond motifs is 1. The average molecular weight is 438 g/mol. The van der Waals surface area contributed by atoms with Crippen molar-refractivity contribution in [1.29, 1.82) is 0 Å². The van der Waals surface area contributed by atoms with E-state index in [0.717, 1.165) is 49.5 Å². The number of hydrogen-bond donors (Lipinski definition) is 1. The van der Waals surface area contributed by atoms with Crippen molar-refractivity contribution in [2.45, 2.75) is 71.6 Å². The van der Waals surface area contributed by atoms with Crippen LogP contribution in [0, 0.1) is 0 Å². The molecule has 2 aliphatic heterocycles. The molecule has 1 N–H and O–H groups in total. The molecule has 2 unspecified atom stereocenters. The van der Waals surface area contributed by atoms with Crippen molar-refractivity contribution in [2.24, 2.45) is 0 Å². The number of amides is 1. The first-order valence-corrected chi connectivity index (χ1v) is 11.7. The van der Waals surface area contributed by atoms with Crippen LogP contribution >= 0.6 is 0 Å². The fraction of sp³-hybridized carbons (Fsp3) is 0.560. The van der Waals surface area contributed by atoms with Gasteiger partial charge >= 0.3 is 0 Å². The van der Waals surface area contributed by atoms with Gasteiger partial charge in [-0.05, 0) is 51.8 Å². The van der Waals surface area contributed by atoms with E-state index in [4.69, 9.17) is 9.72 Å². The highest BCUT2D eigenvalue weighted by Gasteiger charge is 2.45. The smallest absolute Gasteiger partial charge is 0.238 e. The Hall–Kier alpha value is -2.51. The second-order valence-electron chi connectivity index (χ2n) is 9.64. The third-order valence-electron chi connectivity index (χ3n) is 6.32. The SMILES string of the molecule is CCCCN1C(=O)C(C)(C)c2cnc(Nc3ccc(CN4CC(C)OC(C)C4)cc3)nc21. The number of hydrogen-bond acceptors (Lipinski definition) is 6. The Morgan fingerprint density at radius 2 is 1.84 bits per heavy atom. The maximum atomic E-state index is 12.9. The molecular weight excluding hydrogens is 402 g/mol. The van der Waals surface area contributed by atoms with E-state index in [0.29, 0.717) is 12.5 Å². The Kier molecular flexibility index (Phi) is 6.49. The quantitative estimate of drug-likeness (QED) is 0.698. The van der Waals surface area contributed by atoms with Gasteiger partial charge in [-0.1, -0.05) is 25.5 Å². The van der Waals surface area contributed by atoms with Gasteiger partial charge in [-0.15, -0.1) is 0 Å². The summed E-state index contributed by atoms with van der Waals surface area (Å²) in [5.74, 6) is 1.35. The van der Waals surface area contributed by atoms with Gasteiger partial charge in [0.05, 0.1) is 17.6 Å². The van der Waals surface area contributed by atoms with Crippen LogP contribution in [0.5, 0.6) is 0 Å². The number of anilines is 3. The van der Waals surface area contributed by atoms with Crippen LogP contribution in [-0.4, -0.2) is 52.6 Å². The molecule has 7 nitrogen and oxygen atoms in total. The Morgan fingerprint density at radius 1 is 1.16 bits per heavy atom. The fourth-order valence-corrected chi connectivity index (χ4v) is 4.65. The molecule has 3 heterocycles. The van der Waals surface area contributed by atoms with E-state index in [-0.39, 0.29) is 18.1 Å². The molecule has 7 heteroatoms. The van der Waals surface area contributed by atoms with E-state index in [9.17, 15) is 4.79 Å². The molecule has 4 rings (SSSR count). The maximum absolute atomic E-state index is 12.9. The molecule has 0 aliphatic carbocycles. The molecule has 0 radical (unpaired) electrons. The zero-order valence-corrected chi connectivity index (χ0v) is 19.9. The van der Waals surface area contributed by atoms with Crippen molar-refractivity contribution in [3.05, 3.63) is 41.6 Å². The van der Waals surface area contributed by atoms with E-state index in [1.807, 2.05) is 18.7 Å². The van der Waals surface area contributed by atoms with Crippen molar-refractivity contribution in [3.8, 4) is 0 Å². The number of ether oxygens (including phenoxy) is 1. The van der Waals surface area contributed by atoms with E-state index in [2.05, 4.69) is 60.2 Å². The Morgan fingerprint density at radius 3 is 2.50 bits per heavy atom. The molecule has 1 aromatic heterocycles. The third-order valence-corrected chi connectivity index (χ3v) is 6.32. The molecule has 0 spiro atoms. The summed E-state index contributed by atoms with van der Waals surface area (Å²) in [4.78, 5) is 26.4. The van der Waals surface area contributed by atoms with Crippen molar-refractivity contribution >= 4 is 23.4 Å². The highest BCUT2D eigenvalue weighted by molar-refractivity contribution is 6.06. The molecule has 2 aromatic rings. The zero-order valence-electron chi connectivity index (χ0n) is 19.9. The molecule has 1 fully saturated rings. The lowest BCUT2D eigenvalue weighted by Crippen LogP contribution is -2.44. The summed E-state index contributed by atoms with van der Waals surface area (Å²) in [6.45, 7) is 13.8. The lowest BCUT2D eigenvalue weighted by atomic mass is 9.88. The van der Waals surface area contributed by atoms with Gasteiger partial charge in [0.15, 0.2) is 0 Å². The summed E-state index contributed by atoms with van der Waals surface area (Å²) in [6.07, 6.45) is 4.32. The Balaban J connectivity index is 1.46. The predicted octanol–water partition coefficient (Wildman–Crippen LogP) is 4.25. The van der Waals surface area contributed by atoms with Gasteiger partial charge in [0, 0.05) is 43.6 Å². The fourth-order valence-electron chi connectivity index (χ4n) is 4.65. The van der Waals surface area contributed by atoms with E-state index >= 15 is 0 Å². The summed E-state index contributed by atoms with van der Waals surface area (Å²) in [6, 6.07) is 8.40. The number of nitrogens with zero attached hydrogens (tertiary/aromatic N) is 4. The molecule has 2 atom stereocenters. The van der Waals surface area contributed by atoms with Crippen LogP contribution in [0.15, 0.2) is 30.5 Å². The minimum Gasteiger partial charge on any atom is -0.373 e. The number of benzene rings is 1. The van der Waals surface area contributed by atoms with Crippen LogP contribution in [0.1, 0.15) is 58.6 Å². The van der Waals surface area contributed by atoms with Crippen molar-refractivity contribution in [3.63, 3.8) is 0 Å². The van der Waals surface area contributed by atoms with Crippen molar-refractivity contribution in [2.75, 3.05) is 29.9 Å². The minimum absolute atomic E-state index is 0.100. The van der Waals surface area contributed by atoms with Crippen LogP contribution in [0.2, 0.25) is 0 Å². The molecule has 1 aromatic carbocycles. The standard InChI is InChI=1S/C25H35N5O2/c1-6-7-12-30-22-21(25(4,5)23(30)31)13-26-24(28-22)27-20-10-8-19(9-11-20)16-29-14-17(2)32-18(3)15-29/h8-11,13,17-18H,6-7,12,14-16H2,1-5H3,(H,26,27,28). The predicted molar refractivity (Wildman–Crippen MR) is 127 cm³/mol. The van der Waals surface area contributed by atoms with Crippen LogP contribution in [0.25, 0.3) is 0 Å². The van der Waals surface area contributed by atoms with E-state index in [1.165, 1.54) is 5.56 Å². The lowest BCUT2D eigenvalue weighted by Gasteiger charge is -2.35. The second-order valence-corrected chi connectivity index (χ2v) is 9.64. The van der Waals surface area contributed by atoms with Gasteiger partial charge in [0.1, 0.15) is 5.82 Å². The highest BCUT2D eigenvalue weighted by Crippen LogP contribution is 2.40. The van der Waals surface area contributed by atoms with Gasteiger partial charge in [-0.2, -0.15) is 4.98 Å². The highest BCUT2D eigenvalue weighted by atomic mass is 16.5. The molecule has 0 saturated carbocycles. The topological polar surface area (TPSA) is 70.6 Å². The number of carbonyl (C=O) groups excluding carboxylic acids is 1. The monoisotopic (exact) mass is 437 g/mol. The van der Waals surface area contributed by atoms with Gasteiger partial charge in [-0.3, -0.25) is 14.6 Å². The Bertz CT molecular complexity index is 949. The third kappa shape index (κ3) is 4.64. The molecule has 1 amide bonds. The summed E-state index contributed by atoms with van der Waals surface area (Å²) in [7, 11) is 0. The minimum atomic E-state index is -0.586. The van der Waals surface area contributed by atoms with Gasteiger partial charge in [0.2, 0.25) is 11.9 Å². The average Bonchev–Trinajstić information content (AvgIpc) is 2.92. The lowest BCUT2D eigenvalue weighted by molar-refractivity contribution is -0.122. The van der Waals surface area contributed by atoms with Crippen LogP contribution < -0.4 is 10.2 Å². The van der Waals surface area contributed by atoms with E-state index < -0.39 is 5.41 Å². The molecule has 32 heavy (non-hydrogen) atoms. The number of aromatic nitrogens is 2. The first-order valence-electron chi connectivity index (χ1n) is 11.7. The van der Waals surface area contributed by atoms with Crippen LogP contribution in [-0.2, 0) is 21.5 Å².